The van der Waals surface area contributed by atoms with Crippen LogP contribution in [0.3, 0.4) is 0 Å². The van der Waals surface area contributed by atoms with Crippen LogP contribution in [0.5, 0.6) is 0 Å². The minimum atomic E-state index is -0.346. The molecular formula is C14H29ClN2O3. The highest BCUT2D eigenvalue weighted by atomic mass is 35.5. The number of halogens is 1. The van der Waals surface area contributed by atoms with Gasteiger partial charge in [-0.25, -0.2) is 0 Å². The summed E-state index contributed by atoms with van der Waals surface area (Å²) in [4.78, 5) is 24.8. The molecule has 0 aliphatic carbocycles. The summed E-state index contributed by atoms with van der Waals surface area (Å²) in [5, 5.41) is 0. The van der Waals surface area contributed by atoms with Crippen LogP contribution in [0.15, 0.2) is 0 Å². The molecule has 0 bridgehead atoms. The molecule has 20 heavy (non-hydrogen) atoms. The Kier molecular flexibility index (Phi) is 11.7. The summed E-state index contributed by atoms with van der Waals surface area (Å²) in [6.45, 7) is 8.28. The van der Waals surface area contributed by atoms with Gasteiger partial charge in [0.05, 0.1) is 0 Å². The van der Waals surface area contributed by atoms with E-state index in [0.29, 0.717) is 12.5 Å². The Bertz CT molecular complexity index is 296. The number of rotatable bonds is 8. The van der Waals surface area contributed by atoms with Crippen LogP contribution in [0.1, 0.15) is 40.5 Å². The SMILES string of the molecule is CC(C)C[C@H](CN)CC(=O)OCC(=O)N(C)C(C)C.Cl. The van der Waals surface area contributed by atoms with Gasteiger partial charge >= 0.3 is 5.97 Å². The average molecular weight is 309 g/mol. The molecule has 0 heterocycles. The molecule has 0 saturated heterocycles. The second-order valence-electron chi connectivity index (χ2n) is 5.69. The van der Waals surface area contributed by atoms with Gasteiger partial charge < -0.3 is 15.4 Å². The van der Waals surface area contributed by atoms with Gasteiger partial charge in [0.25, 0.3) is 5.91 Å². The molecular weight excluding hydrogens is 280 g/mol. The largest absolute Gasteiger partial charge is 0.456 e. The predicted molar refractivity (Wildman–Crippen MR) is 82.7 cm³/mol. The Labute approximate surface area is 128 Å². The monoisotopic (exact) mass is 308 g/mol. The van der Waals surface area contributed by atoms with E-state index in [1.807, 2.05) is 13.8 Å². The molecule has 0 spiro atoms. The smallest absolute Gasteiger partial charge is 0.306 e. The highest BCUT2D eigenvalue weighted by Crippen LogP contribution is 2.14. The van der Waals surface area contributed by atoms with Crippen molar-refractivity contribution >= 4 is 24.3 Å². The summed E-state index contributed by atoms with van der Waals surface area (Å²) in [7, 11) is 1.70. The molecule has 2 N–H and O–H groups in total. The van der Waals surface area contributed by atoms with Crippen molar-refractivity contribution in [3.8, 4) is 0 Å². The molecule has 0 fully saturated rings. The third-order valence-electron chi connectivity index (χ3n) is 3.12. The zero-order valence-electron chi connectivity index (χ0n) is 13.2. The van der Waals surface area contributed by atoms with E-state index in [4.69, 9.17) is 10.5 Å². The number of likely N-dealkylation sites (N-methyl/N-ethyl adjacent to an activating group) is 1. The summed E-state index contributed by atoms with van der Waals surface area (Å²) in [5.74, 6) is 0.0959. The van der Waals surface area contributed by atoms with Crippen molar-refractivity contribution in [3.05, 3.63) is 0 Å². The van der Waals surface area contributed by atoms with E-state index in [1.165, 1.54) is 0 Å². The summed E-state index contributed by atoms with van der Waals surface area (Å²) in [6, 6.07) is 0.101. The summed E-state index contributed by atoms with van der Waals surface area (Å²) in [5.41, 5.74) is 5.63. The molecule has 0 radical (unpaired) electrons. The first-order chi connectivity index (χ1) is 8.77. The molecule has 120 valence electrons. The lowest BCUT2D eigenvalue weighted by molar-refractivity contribution is -0.153. The number of esters is 1. The third kappa shape index (κ3) is 9.15. The lowest BCUT2D eigenvalue weighted by atomic mass is 9.94. The maximum absolute atomic E-state index is 11.6. The van der Waals surface area contributed by atoms with Gasteiger partial charge in [-0.3, -0.25) is 9.59 Å². The molecule has 1 atom stereocenters. The van der Waals surface area contributed by atoms with Crippen molar-refractivity contribution in [3.63, 3.8) is 0 Å². The highest BCUT2D eigenvalue weighted by molar-refractivity contribution is 5.85. The Hall–Kier alpha value is -0.810. The first-order valence-corrected chi connectivity index (χ1v) is 6.89. The van der Waals surface area contributed by atoms with Crippen LogP contribution in [0.4, 0.5) is 0 Å². The minimum absolute atomic E-state index is 0. The number of nitrogens with two attached hydrogens (primary N) is 1. The molecule has 0 aromatic rings. The zero-order chi connectivity index (χ0) is 15.0. The molecule has 0 aliphatic heterocycles. The number of carbonyl (C=O) groups is 2. The van der Waals surface area contributed by atoms with Crippen LogP contribution in [-0.4, -0.2) is 43.0 Å². The highest BCUT2D eigenvalue weighted by Gasteiger charge is 2.18. The fraction of sp³-hybridized carbons (Fsp3) is 0.857. The second kappa shape index (κ2) is 10.9. The van der Waals surface area contributed by atoms with Crippen molar-refractivity contribution in [2.75, 3.05) is 20.2 Å². The summed E-state index contributed by atoms with van der Waals surface area (Å²) < 4.78 is 5.00. The second-order valence-corrected chi connectivity index (χ2v) is 5.69. The Morgan fingerprint density at radius 3 is 2.15 bits per heavy atom. The first kappa shape index (κ1) is 21.5. The van der Waals surface area contributed by atoms with Crippen molar-refractivity contribution in [2.24, 2.45) is 17.6 Å². The maximum Gasteiger partial charge on any atom is 0.306 e. The molecule has 6 heteroatoms. The van der Waals surface area contributed by atoms with Crippen LogP contribution in [0, 0.1) is 11.8 Å². The van der Waals surface area contributed by atoms with Crippen molar-refractivity contribution in [2.45, 2.75) is 46.6 Å². The van der Waals surface area contributed by atoms with Crippen molar-refractivity contribution in [1.29, 1.82) is 0 Å². The normalized spacial score (nSPS) is 12.0. The van der Waals surface area contributed by atoms with Gasteiger partial charge in [-0.2, -0.15) is 0 Å². The van der Waals surface area contributed by atoms with Crippen LogP contribution < -0.4 is 5.73 Å². The van der Waals surface area contributed by atoms with Gasteiger partial charge in [0.2, 0.25) is 0 Å². The Morgan fingerprint density at radius 2 is 1.75 bits per heavy atom. The number of nitrogens with zero attached hydrogens (tertiary/aromatic N) is 1. The van der Waals surface area contributed by atoms with E-state index in [1.54, 1.807) is 11.9 Å². The molecule has 0 aromatic heterocycles. The third-order valence-corrected chi connectivity index (χ3v) is 3.12. The van der Waals surface area contributed by atoms with Gasteiger partial charge in [-0.05, 0) is 38.6 Å². The molecule has 1 amide bonds. The summed E-state index contributed by atoms with van der Waals surface area (Å²) >= 11 is 0. The Morgan fingerprint density at radius 1 is 1.20 bits per heavy atom. The van der Waals surface area contributed by atoms with Gasteiger partial charge in [0, 0.05) is 19.5 Å². The first-order valence-electron chi connectivity index (χ1n) is 6.89. The lowest BCUT2D eigenvalue weighted by Crippen LogP contribution is -2.36. The fourth-order valence-corrected chi connectivity index (χ4v) is 1.76. The van der Waals surface area contributed by atoms with E-state index < -0.39 is 0 Å². The van der Waals surface area contributed by atoms with E-state index >= 15 is 0 Å². The molecule has 0 aromatic carbocycles. The van der Waals surface area contributed by atoms with Crippen molar-refractivity contribution in [1.82, 2.24) is 4.90 Å². The topological polar surface area (TPSA) is 72.6 Å². The van der Waals surface area contributed by atoms with Crippen molar-refractivity contribution < 1.29 is 14.3 Å². The van der Waals surface area contributed by atoms with Gasteiger partial charge in [-0.15, -0.1) is 12.4 Å². The number of carbonyl (C=O) groups excluding carboxylic acids is 2. The molecule has 0 rings (SSSR count). The lowest BCUT2D eigenvalue weighted by Gasteiger charge is -2.21. The predicted octanol–water partition coefficient (Wildman–Crippen LogP) is 1.83. The zero-order valence-corrected chi connectivity index (χ0v) is 14.0. The number of hydrogen-bond acceptors (Lipinski definition) is 4. The standard InChI is InChI=1S/C14H28N2O3.ClH/c1-10(2)6-12(8-15)7-14(18)19-9-13(17)16(5)11(3)4;/h10-12H,6-9,15H2,1-5H3;1H/t12-;/m0./s1. The number of hydrogen-bond donors (Lipinski definition) is 1. The van der Waals surface area contributed by atoms with Crippen LogP contribution in [0.2, 0.25) is 0 Å². The van der Waals surface area contributed by atoms with E-state index in [0.717, 1.165) is 6.42 Å². The van der Waals surface area contributed by atoms with E-state index in [-0.39, 0.29) is 49.3 Å². The van der Waals surface area contributed by atoms with Crippen LogP contribution in [-0.2, 0) is 14.3 Å². The van der Waals surface area contributed by atoms with Gasteiger partial charge in [0.1, 0.15) is 0 Å². The van der Waals surface area contributed by atoms with E-state index in [2.05, 4.69) is 13.8 Å². The van der Waals surface area contributed by atoms with E-state index in [9.17, 15) is 9.59 Å². The fourth-order valence-electron chi connectivity index (χ4n) is 1.76. The molecule has 0 unspecified atom stereocenters. The van der Waals surface area contributed by atoms with Gasteiger partial charge in [0.15, 0.2) is 6.61 Å². The minimum Gasteiger partial charge on any atom is -0.456 e. The van der Waals surface area contributed by atoms with Crippen LogP contribution in [0.25, 0.3) is 0 Å². The van der Waals surface area contributed by atoms with Gasteiger partial charge in [-0.1, -0.05) is 13.8 Å². The Balaban J connectivity index is 0. The number of amides is 1. The maximum atomic E-state index is 11.6. The number of ether oxygens (including phenoxy) is 1. The summed E-state index contributed by atoms with van der Waals surface area (Å²) in [6.07, 6.45) is 1.18. The molecule has 0 saturated carbocycles. The molecule has 0 aliphatic rings. The molecule has 5 nitrogen and oxygen atoms in total. The quantitative estimate of drug-likeness (QED) is 0.694. The average Bonchev–Trinajstić information content (AvgIpc) is 2.33. The van der Waals surface area contributed by atoms with Crippen LogP contribution >= 0.6 is 12.4 Å².